The first kappa shape index (κ1) is 13.8. The monoisotopic (exact) mass is 288 g/mol. The maximum absolute atomic E-state index is 11.7. The predicted molar refractivity (Wildman–Crippen MR) is 84.8 cm³/mol. The molecule has 22 heavy (non-hydrogen) atoms. The fourth-order valence-electron chi connectivity index (χ4n) is 2.42. The number of benzene rings is 2. The molecule has 0 aliphatic rings. The smallest absolute Gasteiger partial charge is 0.337 e. The first-order chi connectivity index (χ1) is 10.7. The van der Waals surface area contributed by atoms with Gasteiger partial charge in [-0.2, -0.15) is 0 Å². The molecular formula is C18H12N2O2. The average molecular weight is 288 g/mol. The van der Waals surface area contributed by atoms with E-state index in [1.54, 1.807) is 30.5 Å². The van der Waals surface area contributed by atoms with E-state index in [1.807, 2.05) is 24.3 Å². The number of rotatable bonds is 2. The Hall–Kier alpha value is -3.19. The largest absolute Gasteiger partial charge is 0.465 e. The number of hydrogen-bond acceptors (Lipinski definition) is 3. The SMILES string of the molecule is [C-]#[N+]c1cccnc1-c1cccc2ccc(C(=O)OC)cc12. The fraction of sp³-hybridized carbons (Fsp3) is 0.0556. The van der Waals surface area contributed by atoms with Crippen molar-refractivity contribution in [3.63, 3.8) is 0 Å². The molecule has 0 fully saturated rings. The molecule has 106 valence electrons. The molecule has 0 aliphatic heterocycles. The van der Waals surface area contributed by atoms with E-state index in [9.17, 15) is 4.79 Å². The maximum atomic E-state index is 11.7. The van der Waals surface area contributed by atoms with Crippen molar-refractivity contribution in [3.05, 3.63) is 71.7 Å². The van der Waals surface area contributed by atoms with Crippen molar-refractivity contribution in [1.29, 1.82) is 0 Å². The minimum absolute atomic E-state index is 0.386. The summed E-state index contributed by atoms with van der Waals surface area (Å²) in [6.07, 6.45) is 1.66. The standard InChI is InChI=1S/C18H12N2O2/c1-19-16-7-4-10-20-17(16)14-6-3-5-12-8-9-13(11-15(12)14)18(21)22-2/h3-11H,2H3. The molecule has 3 rings (SSSR count). The third-order valence-electron chi connectivity index (χ3n) is 3.47. The molecule has 0 radical (unpaired) electrons. The Morgan fingerprint density at radius 3 is 2.82 bits per heavy atom. The van der Waals surface area contributed by atoms with Crippen LogP contribution >= 0.6 is 0 Å². The van der Waals surface area contributed by atoms with Gasteiger partial charge in [-0.25, -0.2) is 9.64 Å². The molecule has 0 spiro atoms. The van der Waals surface area contributed by atoms with Gasteiger partial charge in [0.2, 0.25) is 5.69 Å². The summed E-state index contributed by atoms with van der Waals surface area (Å²) >= 11 is 0. The summed E-state index contributed by atoms with van der Waals surface area (Å²) in [5.41, 5.74) is 2.40. The third-order valence-corrected chi connectivity index (χ3v) is 3.47. The number of esters is 1. The van der Waals surface area contributed by atoms with Crippen molar-refractivity contribution in [2.75, 3.05) is 7.11 Å². The van der Waals surface area contributed by atoms with E-state index < -0.39 is 0 Å². The Morgan fingerprint density at radius 2 is 2.05 bits per heavy atom. The number of nitrogens with zero attached hydrogens (tertiary/aromatic N) is 2. The molecule has 4 heteroatoms. The van der Waals surface area contributed by atoms with E-state index in [0.717, 1.165) is 16.3 Å². The highest BCUT2D eigenvalue weighted by atomic mass is 16.5. The summed E-state index contributed by atoms with van der Waals surface area (Å²) in [7, 11) is 1.36. The summed E-state index contributed by atoms with van der Waals surface area (Å²) in [5, 5.41) is 1.85. The summed E-state index contributed by atoms with van der Waals surface area (Å²) < 4.78 is 4.77. The average Bonchev–Trinajstić information content (AvgIpc) is 2.60. The van der Waals surface area contributed by atoms with Crippen molar-refractivity contribution in [3.8, 4) is 11.3 Å². The highest BCUT2D eigenvalue weighted by molar-refractivity contribution is 6.02. The lowest BCUT2D eigenvalue weighted by Crippen LogP contribution is -2.00. The van der Waals surface area contributed by atoms with E-state index in [1.165, 1.54) is 7.11 Å². The number of pyridine rings is 1. The Balaban J connectivity index is 2.30. The van der Waals surface area contributed by atoms with Crippen LogP contribution in [0, 0.1) is 6.57 Å². The Bertz CT molecular complexity index is 910. The molecule has 3 aromatic rings. The Morgan fingerprint density at radius 1 is 1.18 bits per heavy atom. The molecule has 0 amide bonds. The zero-order valence-corrected chi connectivity index (χ0v) is 11.9. The third kappa shape index (κ3) is 2.29. The van der Waals surface area contributed by atoms with Gasteiger partial charge in [0.15, 0.2) is 0 Å². The van der Waals surface area contributed by atoms with Crippen LogP contribution in [0.2, 0.25) is 0 Å². The van der Waals surface area contributed by atoms with E-state index in [0.29, 0.717) is 16.9 Å². The first-order valence-corrected chi connectivity index (χ1v) is 6.68. The lowest BCUT2D eigenvalue weighted by Gasteiger charge is -2.09. The normalized spacial score (nSPS) is 10.2. The number of fused-ring (bicyclic) bond motifs is 1. The van der Waals surface area contributed by atoms with Crippen LogP contribution in [-0.2, 0) is 4.74 Å². The molecule has 0 bridgehead atoms. The van der Waals surface area contributed by atoms with Crippen LogP contribution in [-0.4, -0.2) is 18.1 Å². The van der Waals surface area contributed by atoms with Gasteiger partial charge in [-0.05, 0) is 28.5 Å². The quantitative estimate of drug-likeness (QED) is 0.523. The number of ether oxygens (including phenoxy) is 1. The zero-order valence-electron chi connectivity index (χ0n) is 11.9. The van der Waals surface area contributed by atoms with Gasteiger partial charge in [0, 0.05) is 6.20 Å². The van der Waals surface area contributed by atoms with Gasteiger partial charge >= 0.3 is 5.97 Å². The van der Waals surface area contributed by atoms with Crippen molar-refractivity contribution in [2.45, 2.75) is 0 Å². The van der Waals surface area contributed by atoms with Gasteiger partial charge in [-0.15, -0.1) is 0 Å². The van der Waals surface area contributed by atoms with Crippen LogP contribution in [0.15, 0.2) is 54.7 Å². The molecule has 0 unspecified atom stereocenters. The maximum Gasteiger partial charge on any atom is 0.337 e. The Kier molecular flexibility index (Phi) is 3.55. The first-order valence-electron chi connectivity index (χ1n) is 6.68. The van der Waals surface area contributed by atoms with E-state index in [2.05, 4.69) is 9.83 Å². The lowest BCUT2D eigenvalue weighted by atomic mass is 9.99. The second-order valence-corrected chi connectivity index (χ2v) is 4.72. The molecule has 0 atom stereocenters. The van der Waals surface area contributed by atoms with Crippen LogP contribution in [0.5, 0.6) is 0 Å². The molecule has 2 aromatic carbocycles. The van der Waals surface area contributed by atoms with Crippen molar-refractivity contribution >= 4 is 22.4 Å². The highest BCUT2D eigenvalue weighted by Crippen LogP contribution is 2.33. The van der Waals surface area contributed by atoms with Gasteiger partial charge < -0.3 is 4.74 Å². The van der Waals surface area contributed by atoms with Crippen molar-refractivity contribution in [2.24, 2.45) is 0 Å². The van der Waals surface area contributed by atoms with Gasteiger partial charge in [0.1, 0.15) is 0 Å². The van der Waals surface area contributed by atoms with Crippen LogP contribution in [0.4, 0.5) is 5.69 Å². The topological polar surface area (TPSA) is 43.5 Å². The zero-order chi connectivity index (χ0) is 15.5. The van der Waals surface area contributed by atoms with Gasteiger partial charge in [0.25, 0.3) is 0 Å². The molecule has 1 aromatic heterocycles. The van der Waals surface area contributed by atoms with Crippen molar-refractivity contribution < 1.29 is 9.53 Å². The predicted octanol–water partition coefficient (Wildman–Crippen LogP) is 4.24. The van der Waals surface area contributed by atoms with Crippen LogP contribution in [0.1, 0.15) is 10.4 Å². The number of carbonyl (C=O) groups is 1. The fourth-order valence-corrected chi connectivity index (χ4v) is 2.42. The molecule has 0 aliphatic carbocycles. The number of hydrogen-bond donors (Lipinski definition) is 0. The van der Waals surface area contributed by atoms with E-state index in [-0.39, 0.29) is 5.97 Å². The molecular weight excluding hydrogens is 276 g/mol. The van der Waals surface area contributed by atoms with E-state index >= 15 is 0 Å². The minimum Gasteiger partial charge on any atom is -0.465 e. The highest BCUT2D eigenvalue weighted by Gasteiger charge is 2.12. The summed E-state index contributed by atoms with van der Waals surface area (Å²) in [6, 6.07) is 14.6. The second kappa shape index (κ2) is 5.66. The summed E-state index contributed by atoms with van der Waals surface area (Å²) in [6.45, 7) is 7.29. The molecule has 1 heterocycles. The number of carbonyl (C=O) groups excluding carboxylic acids is 1. The van der Waals surface area contributed by atoms with Gasteiger partial charge in [-0.3, -0.25) is 4.98 Å². The van der Waals surface area contributed by atoms with E-state index in [4.69, 9.17) is 11.3 Å². The van der Waals surface area contributed by atoms with Crippen LogP contribution < -0.4 is 0 Å². The van der Waals surface area contributed by atoms with Crippen LogP contribution in [0.25, 0.3) is 26.9 Å². The Labute approximate surface area is 127 Å². The van der Waals surface area contributed by atoms with Gasteiger partial charge in [-0.1, -0.05) is 36.4 Å². The minimum atomic E-state index is -0.386. The molecule has 0 saturated carbocycles. The number of methoxy groups -OCH3 is 1. The van der Waals surface area contributed by atoms with Crippen molar-refractivity contribution in [1.82, 2.24) is 4.98 Å². The van der Waals surface area contributed by atoms with Gasteiger partial charge in [0.05, 0.1) is 24.9 Å². The van der Waals surface area contributed by atoms with Crippen LogP contribution in [0.3, 0.4) is 0 Å². The lowest BCUT2D eigenvalue weighted by molar-refractivity contribution is 0.0601. The molecule has 0 N–H and O–H groups in total. The molecule has 4 nitrogen and oxygen atoms in total. The number of aromatic nitrogens is 1. The second-order valence-electron chi connectivity index (χ2n) is 4.72. The molecule has 0 saturated heterocycles. The summed E-state index contributed by atoms with van der Waals surface area (Å²) in [5.74, 6) is -0.386. The summed E-state index contributed by atoms with van der Waals surface area (Å²) in [4.78, 5) is 19.6.